The molecule has 0 saturated heterocycles. The Morgan fingerprint density at radius 2 is 1.84 bits per heavy atom. The molecule has 158 valence electrons. The Morgan fingerprint density at radius 3 is 2.42 bits per heavy atom. The second-order valence-electron chi connectivity index (χ2n) is 6.70. The molecule has 2 heterocycles. The van der Waals surface area contributed by atoms with Crippen molar-refractivity contribution in [1.29, 1.82) is 0 Å². The molecular weight excluding hydrogens is 405 g/mol. The van der Waals surface area contributed by atoms with Crippen LogP contribution in [-0.2, 0) is 6.18 Å². The lowest BCUT2D eigenvalue weighted by atomic mass is 9.86. The highest BCUT2D eigenvalue weighted by atomic mass is 19.4. The van der Waals surface area contributed by atoms with Crippen LogP contribution < -0.4 is 4.74 Å². The van der Waals surface area contributed by atoms with Gasteiger partial charge in [0.2, 0.25) is 5.88 Å². The standard InChI is InChI=1S/C24H19F3N2O2/c1-3-5-17-6-4-13-28-23(17)20(16-7-10-19(11-8-16)24(25,26)27)14-21(30)18-9-12-22(31-2)29-15-18/h4,6-13,15,20H,14H2,1-2H3/t20-/m0/s1. The Morgan fingerprint density at radius 1 is 1.10 bits per heavy atom. The first kappa shape index (κ1) is 22.0. The van der Waals surface area contributed by atoms with E-state index in [4.69, 9.17) is 4.74 Å². The first-order chi connectivity index (χ1) is 14.8. The molecule has 1 aromatic carbocycles. The van der Waals surface area contributed by atoms with Gasteiger partial charge in [0.05, 0.1) is 18.4 Å². The van der Waals surface area contributed by atoms with E-state index in [-0.39, 0.29) is 12.2 Å². The molecule has 0 saturated carbocycles. The number of Topliss-reactive ketones (excluding diaryl/α,β-unsaturated/α-hetero) is 1. The summed E-state index contributed by atoms with van der Waals surface area (Å²) in [5.74, 6) is 5.35. The topological polar surface area (TPSA) is 52.1 Å². The molecule has 3 rings (SSSR count). The average molecular weight is 424 g/mol. The predicted octanol–water partition coefficient (Wildman–Crippen LogP) is 5.28. The molecule has 0 aliphatic rings. The summed E-state index contributed by atoms with van der Waals surface area (Å²) in [6, 6.07) is 11.5. The minimum absolute atomic E-state index is 0.00518. The Kier molecular flexibility index (Phi) is 6.71. The van der Waals surface area contributed by atoms with E-state index in [1.165, 1.54) is 25.4 Å². The van der Waals surface area contributed by atoms with E-state index < -0.39 is 17.7 Å². The third-order valence-electron chi connectivity index (χ3n) is 4.73. The summed E-state index contributed by atoms with van der Waals surface area (Å²) in [7, 11) is 1.47. The zero-order valence-corrected chi connectivity index (χ0v) is 16.9. The predicted molar refractivity (Wildman–Crippen MR) is 110 cm³/mol. The van der Waals surface area contributed by atoms with Gasteiger partial charge in [-0.15, -0.1) is 5.92 Å². The fraction of sp³-hybridized carbons (Fsp3) is 0.208. The number of carbonyl (C=O) groups excluding carboxylic acids is 1. The summed E-state index contributed by atoms with van der Waals surface area (Å²) in [6.45, 7) is 1.68. The van der Waals surface area contributed by atoms with Gasteiger partial charge in [-0.1, -0.05) is 18.1 Å². The quantitative estimate of drug-likeness (QED) is 0.399. The van der Waals surface area contributed by atoms with Crippen LogP contribution in [0.25, 0.3) is 0 Å². The number of alkyl halides is 3. The summed E-state index contributed by atoms with van der Waals surface area (Å²) in [4.78, 5) is 21.4. The van der Waals surface area contributed by atoms with Gasteiger partial charge in [-0.25, -0.2) is 4.98 Å². The van der Waals surface area contributed by atoms with Gasteiger partial charge < -0.3 is 4.74 Å². The van der Waals surface area contributed by atoms with E-state index in [0.29, 0.717) is 28.3 Å². The number of halogens is 3. The second kappa shape index (κ2) is 9.43. The van der Waals surface area contributed by atoms with Crippen LogP contribution in [0.5, 0.6) is 5.88 Å². The lowest BCUT2D eigenvalue weighted by Gasteiger charge is -2.19. The smallest absolute Gasteiger partial charge is 0.416 e. The molecule has 2 aromatic heterocycles. The molecule has 0 bridgehead atoms. The van der Waals surface area contributed by atoms with E-state index in [1.807, 2.05) is 0 Å². The van der Waals surface area contributed by atoms with E-state index in [1.54, 1.807) is 37.4 Å². The Hall–Kier alpha value is -3.66. The highest BCUT2D eigenvalue weighted by Gasteiger charge is 2.31. The lowest BCUT2D eigenvalue weighted by Crippen LogP contribution is -2.13. The van der Waals surface area contributed by atoms with Crippen LogP contribution in [0.1, 0.15) is 52.0 Å². The number of ketones is 1. The van der Waals surface area contributed by atoms with Gasteiger partial charge in [-0.2, -0.15) is 13.2 Å². The van der Waals surface area contributed by atoms with Gasteiger partial charge in [-0.05, 0) is 42.8 Å². The minimum Gasteiger partial charge on any atom is -0.481 e. The van der Waals surface area contributed by atoms with Crippen molar-refractivity contribution in [1.82, 2.24) is 9.97 Å². The van der Waals surface area contributed by atoms with Gasteiger partial charge in [0.15, 0.2) is 5.78 Å². The first-order valence-corrected chi connectivity index (χ1v) is 9.41. The van der Waals surface area contributed by atoms with Crippen LogP contribution in [0.15, 0.2) is 60.9 Å². The van der Waals surface area contributed by atoms with E-state index in [2.05, 4.69) is 21.8 Å². The summed E-state index contributed by atoms with van der Waals surface area (Å²) < 4.78 is 44.0. The highest BCUT2D eigenvalue weighted by molar-refractivity contribution is 5.96. The van der Waals surface area contributed by atoms with Gasteiger partial charge in [0.25, 0.3) is 0 Å². The molecule has 0 spiro atoms. The Labute approximate surface area is 178 Å². The van der Waals surface area contributed by atoms with Crippen molar-refractivity contribution in [2.75, 3.05) is 7.11 Å². The van der Waals surface area contributed by atoms with Gasteiger partial charge in [0.1, 0.15) is 0 Å². The van der Waals surface area contributed by atoms with Crippen LogP contribution in [0.2, 0.25) is 0 Å². The fourth-order valence-electron chi connectivity index (χ4n) is 3.18. The van der Waals surface area contributed by atoms with E-state index in [9.17, 15) is 18.0 Å². The Balaban J connectivity index is 2.02. The molecule has 0 aliphatic carbocycles. The molecule has 0 radical (unpaired) electrons. The summed E-state index contributed by atoms with van der Waals surface area (Å²) >= 11 is 0. The van der Waals surface area contributed by atoms with Gasteiger partial charge >= 0.3 is 6.18 Å². The lowest BCUT2D eigenvalue weighted by molar-refractivity contribution is -0.137. The number of pyridine rings is 2. The van der Waals surface area contributed by atoms with Crippen molar-refractivity contribution in [2.45, 2.75) is 25.4 Å². The second-order valence-corrected chi connectivity index (χ2v) is 6.70. The summed E-state index contributed by atoms with van der Waals surface area (Å²) in [5, 5.41) is 0. The third kappa shape index (κ3) is 5.28. The normalized spacial score (nSPS) is 11.9. The maximum Gasteiger partial charge on any atom is 0.416 e. The molecular formula is C24H19F3N2O2. The van der Waals surface area contributed by atoms with Crippen molar-refractivity contribution in [3.05, 3.63) is 88.9 Å². The fourth-order valence-corrected chi connectivity index (χ4v) is 3.18. The van der Waals surface area contributed by atoms with Gasteiger partial charge in [-0.3, -0.25) is 9.78 Å². The zero-order chi connectivity index (χ0) is 22.4. The van der Waals surface area contributed by atoms with Crippen molar-refractivity contribution in [3.8, 4) is 17.7 Å². The van der Waals surface area contributed by atoms with Crippen LogP contribution in [0.3, 0.4) is 0 Å². The molecule has 0 N–H and O–H groups in total. The average Bonchev–Trinajstić information content (AvgIpc) is 2.78. The molecule has 0 amide bonds. The highest BCUT2D eigenvalue weighted by Crippen LogP contribution is 2.34. The van der Waals surface area contributed by atoms with E-state index in [0.717, 1.165) is 12.1 Å². The molecule has 4 nitrogen and oxygen atoms in total. The molecule has 0 fully saturated rings. The van der Waals surface area contributed by atoms with Crippen molar-refractivity contribution in [3.63, 3.8) is 0 Å². The number of hydrogen-bond acceptors (Lipinski definition) is 4. The van der Waals surface area contributed by atoms with Crippen molar-refractivity contribution in [2.24, 2.45) is 0 Å². The van der Waals surface area contributed by atoms with Crippen LogP contribution in [-0.4, -0.2) is 22.9 Å². The maximum atomic E-state index is 13.0. The monoisotopic (exact) mass is 424 g/mol. The van der Waals surface area contributed by atoms with Crippen LogP contribution in [0.4, 0.5) is 13.2 Å². The van der Waals surface area contributed by atoms with Crippen molar-refractivity contribution >= 4 is 5.78 Å². The number of aromatic nitrogens is 2. The molecule has 3 aromatic rings. The molecule has 31 heavy (non-hydrogen) atoms. The SMILES string of the molecule is CC#Cc1cccnc1[C@@H](CC(=O)c1ccc(OC)nc1)c1ccc(C(F)(F)F)cc1. The minimum atomic E-state index is -4.44. The third-order valence-corrected chi connectivity index (χ3v) is 4.73. The maximum absolute atomic E-state index is 13.0. The summed E-state index contributed by atoms with van der Waals surface area (Å²) in [5.41, 5.74) is 1.31. The number of benzene rings is 1. The molecule has 7 heteroatoms. The van der Waals surface area contributed by atoms with Crippen molar-refractivity contribution < 1.29 is 22.7 Å². The molecule has 0 unspecified atom stereocenters. The number of ether oxygens (including phenoxy) is 1. The van der Waals surface area contributed by atoms with Crippen LogP contribution in [0, 0.1) is 11.8 Å². The number of rotatable bonds is 6. The zero-order valence-electron chi connectivity index (χ0n) is 16.9. The largest absolute Gasteiger partial charge is 0.481 e. The first-order valence-electron chi connectivity index (χ1n) is 9.41. The number of hydrogen-bond donors (Lipinski definition) is 0. The van der Waals surface area contributed by atoms with Gasteiger partial charge in [0, 0.05) is 41.9 Å². The number of carbonyl (C=O) groups is 1. The number of methoxy groups -OCH3 is 1. The van der Waals surface area contributed by atoms with E-state index >= 15 is 0 Å². The molecule has 0 aliphatic heterocycles. The Bertz CT molecular complexity index is 1110. The number of nitrogens with zero attached hydrogens (tertiary/aromatic N) is 2. The summed E-state index contributed by atoms with van der Waals surface area (Å²) in [6.07, 6.45) is -1.46. The molecule has 1 atom stereocenters. The van der Waals surface area contributed by atoms with Crippen LogP contribution >= 0.6 is 0 Å².